The maximum absolute atomic E-state index is 14.4. The predicted octanol–water partition coefficient (Wildman–Crippen LogP) is 5.54. The van der Waals surface area contributed by atoms with Crippen LogP contribution in [0.2, 0.25) is 0 Å². The van der Waals surface area contributed by atoms with Gasteiger partial charge in [-0.1, -0.05) is 60.7 Å². The monoisotopic (exact) mass is 502 g/mol. The maximum Gasteiger partial charge on any atom is 0.238 e. The highest BCUT2D eigenvalue weighted by Crippen LogP contribution is 2.58. The number of para-hydroxylation sites is 1. The molecule has 3 aliphatic heterocycles. The third kappa shape index (κ3) is 2.83. The van der Waals surface area contributed by atoms with Crippen LogP contribution in [0.4, 0.5) is 15.8 Å². The first kappa shape index (κ1) is 22.6. The fraction of sp³-hybridized carbons (Fsp3) is 0.156. The predicted molar refractivity (Wildman–Crippen MR) is 145 cm³/mol. The minimum Gasteiger partial charge on any atom is -0.352 e. The van der Waals surface area contributed by atoms with E-state index in [0.29, 0.717) is 11.3 Å². The zero-order valence-corrected chi connectivity index (χ0v) is 20.5. The summed E-state index contributed by atoms with van der Waals surface area (Å²) in [6, 6.07) is 23.2. The summed E-state index contributed by atoms with van der Waals surface area (Å²) >= 11 is 0. The number of ketones is 2. The Balaban J connectivity index is 1.53. The van der Waals surface area contributed by atoms with Gasteiger partial charge in [-0.25, -0.2) is 4.39 Å². The Morgan fingerprint density at radius 3 is 2.45 bits per heavy atom. The van der Waals surface area contributed by atoms with Crippen molar-refractivity contribution in [2.45, 2.75) is 24.4 Å². The number of amides is 1. The first-order valence-electron chi connectivity index (χ1n) is 12.6. The molecule has 6 heteroatoms. The number of Topliss-reactive ketones (excluding diaryl/α,β-unsaturated/α-hetero) is 2. The van der Waals surface area contributed by atoms with E-state index in [9.17, 15) is 18.8 Å². The second-order valence-corrected chi connectivity index (χ2v) is 10.2. The number of nitrogens with one attached hydrogen (secondary N) is 1. The van der Waals surface area contributed by atoms with E-state index in [1.54, 1.807) is 0 Å². The molecule has 1 N–H and O–H groups in total. The number of hydrogen-bond donors (Lipinski definition) is 1. The van der Waals surface area contributed by atoms with Crippen LogP contribution in [0, 0.1) is 11.7 Å². The van der Waals surface area contributed by atoms with E-state index >= 15 is 0 Å². The van der Waals surface area contributed by atoms with Gasteiger partial charge in [0.1, 0.15) is 11.2 Å². The zero-order valence-electron chi connectivity index (χ0n) is 20.5. The molecule has 3 aliphatic rings. The largest absolute Gasteiger partial charge is 0.352 e. The quantitative estimate of drug-likeness (QED) is 0.374. The van der Waals surface area contributed by atoms with Gasteiger partial charge in [-0.15, -0.1) is 0 Å². The average molecular weight is 503 g/mol. The van der Waals surface area contributed by atoms with Crippen molar-refractivity contribution in [3.63, 3.8) is 0 Å². The van der Waals surface area contributed by atoms with Crippen LogP contribution in [0.3, 0.4) is 0 Å². The second-order valence-electron chi connectivity index (χ2n) is 10.2. The van der Waals surface area contributed by atoms with Crippen molar-refractivity contribution >= 4 is 45.7 Å². The molecule has 38 heavy (non-hydrogen) atoms. The smallest absolute Gasteiger partial charge is 0.238 e. The van der Waals surface area contributed by atoms with Crippen molar-refractivity contribution < 1.29 is 18.8 Å². The highest BCUT2D eigenvalue weighted by Gasteiger charge is 2.69. The fourth-order valence-corrected chi connectivity index (χ4v) is 6.88. The lowest BCUT2D eigenvalue weighted by molar-refractivity contribution is -0.122. The Kier molecular flexibility index (Phi) is 4.73. The summed E-state index contributed by atoms with van der Waals surface area (Å²) in [6.45, 7) is 1.48. The number of rotatable bonds is 3. The molecule has 0 unspecified atom stereocenters. The van der Waals surface area contributed by atoms with Crippen LogP contribution in [0.5, 0.6) is 0 Å². The van der Waals surface area contributed by atoms with E-state index in [2.05, 4.69) is 5.32 Å². The standard InChI is InChI=1S/C32H23FN2O3/c1-18(36)29-28(30(37)20-10-13-21(33)14-11-20)32(24-8-4-5-9-25(24)34-31(32)38)27-17-15-23-22-7-3-2-6-19(22)12-16-26(23)35(27)29/h2-17,27-29H,1H3,(H,34,38)/t27-,28-,29-,32-/m1/s1. The van der Waals surface area contributed by atoms with Gasteiger partial charge in [0.25, 0.3) is 0 Å². The second kappa shape index (κ2) is 7.96. The number of benzene rings is 4. The summed E-state index contributed by atoms with van der Waals surface area (Å²) in [5, 5.41) is 5.09. The Bertz CT molecular complexity index is 1710. The first-order chi connectivity index (χ1) is 18.4. The minimum atomic E-state index is -1.35. The molecule has 5 nitrogen and oxygen atoms in total. The first-order valence-corrected chi connectivity index (χ1v) is 12.6. The molecule has 7 rings (SSSR count). The van der Waals surface area contributed by atoms with Gasteiger partial charge < -0.3 is 10.2 Å². The number of anilines is 2. The molecular weight excluding hydrogens is 479 g/mol. The molecule has 4 atom stereocenters. The van der Waals surface area contributed by atoms with Gasteiger partial charge in [-0.3, -0.25) is 14.4 Å². The number of carbonyl (C=O) groups is 3. The number of nitrogens with zero attached hydrogens (tertiary/aromatic N) is 1. The SMILES string of the molecule is CC(=O)[C@@H]1[C@H](C(=O)c2ccc(F)cc2)[C@]2(C(=O)Nc3ccccc32)[C@H]2C=Cc3c(ccc4ccccc34)N12. The molecule has 186 valence electrons. The molecule has 4 aromatic rings. The number of fused-ring (bicyclic) bond motifs is 8. The lowest BCUT2D eigenvalue weighted by Crippen LogP contribution is -2.51. The molecule has 3 heterocycles. The maximum atomic E-state index is 14.4. The number of hydrogen-bond acceptors (Lipinski definition) is 4. The van der Waals surface area contributed by atoms with Gasteiger partial charge >= 0.3 is 0 Å². The normalized spacial score (nSPS) is 24.7. The van der Waals surface area contributed by atoms with E-state index in [4.69, 9.17) is 0 Å². The van der Waals surface area contributed by atoms with Crippen LogP contribution in [0.25, 0.3) is 16.8 Å². The summed E-state index contributed by atoms with van der Waals surface area (Å²) in [4.78, 5) is 44.0. The third-order valence-electron chi connectivity index (χ3n) is 8.37. The van der Waals surface area contributed by atoms with Gasteiger partial charge in [-0.2, -0.15) is 0 Å². The number of halogens is 1. The third-order valence-corrected chi connectivity index (χ3v) is 8.37. The summed E-state index contributed by atoms with van der Waals surface area (Å²) in [6.07, 6.45) is 3.97. The molecule has 1 amide bonds. The molecule has 0 bridgehead atoms. The van der Waals surface area contributed by atoms with Gasteiger partial charge in [0, 0.05) is 22.5 Å². The molecule has 1 fully saturated rings. The molecule has 0 aromatic heterocycles. The number of carbonyl (C=O) groups excluding carboxylic acids is 3. The molecule has 1 spiro atoms. The van der Waals surface area contributed by atoms with Crippen molar-refractivity contribution in [3.05, 3.63) is 114 Å². The Hall–Kier alpha value is -4.58. The Labute approximate surface area is 218 Å². The van der Waals surface area contributed by atoms with Crippen LogP contribution < -0.4 is 10.2 Å². The van der Waals surface area contributed by atoms with Crippen molar-refractivity contribution in [2.24, 2.45) is 5.92 Å². The van der Waals surface area contributed by atoms with Crippen LogP contribution in [0.1, 0.15) is 28.4 Å². The fourth-order valence-electron chi connectivity index (χ4n) is 6.88. The molecule has 0 saturated carbocycles. The van der Waals surface area contributed by atoms with Crippen molar-refractivity contribution in [1.29, 1.82) is 0 Å². The summed E-state index contributed by atoms with van der Waals surface area (Å²) in [5.74, 6) is -2.37. The Morgan fingerprint density at radius 2 is 1.66 bits per heavy atom. The van der Waals surface area contributed by atoms with Gasteiger partial charge in [-0.05, 0) is 59.7 Å². The molecule has 4 aromatic carbocycles. The minimum absolute atomic E-state index is 0.209. The van der Waals surface area contributed by atoms with E-state index < -0.39 is 29.2 Å². The van der Waals surface area contributed by atoms with Gasteiger partial charge in [0.05, 0.1) is 18.0 Å². The topological polar surface area (TPSA) is 66.5 Å². The van der Waals surface area contributed by atoms with Gasteiger partial charge in [0.15, 0.2) is 11.6 Å². The van der Waals surface area contributed by atoms with Crippen molar-refractivity contribution in [1.82, 2.24) is 0 Å². The van der Waals surface area contributed by atoms with E-state index in [1.165, 1.54) is 31.2 Å². The molecular formula is C32H23FN2O3. The molecule has 0 aliphatic carbocycles. The highest BCUT2D eigenvalue weighted by atomic mass is 19.1. The summed E-state index contributed by atoms with van der Waals surface area (Å²) in [7, 11) is 0. The van der Waals surface area contributed by atoms with E-state index in [1.807, 2.05) is 77.7 Å². The van der Waals surface area contributed by atoms with Crippen molar-refractivity contribution in [3.8, 4) is 0 Å². The van der Waals surface area contributed by atoms with Crippen LogP contribution in [-0.2, 0) is 15.0 Å². The summed E-state index contributed by atoms with van der Waals surface area (Å²) < 4.78 is 13.8. The zero-order chi connectivity index (χ0) is 26.2. The van der Waals surface area contributed by atoms with Crippen molar-refractivity contribution in [2.75, 3.05) is 10.2 Å². The highest BCUT2D eigenvalue weighted by molar-refractivity contribution is 6.17. The average Bonchev–Trinajstić information content (AvgIpc) is 3.41. The Morgan fingerprint density at radius 1 is 0.921 bits per heavy atom. The van der Waals surface area contributed by atoms with Crippen LogP contribution in [-0.4, -0.2) is 29.6 Å². The lowest BCUT2D eigenvalue weighted by Gasteiger charge is -2.38. The lowest BCUT2D eigenvalue weighted by atomic mass is 9.64. The van der Waals surface area contributed by atoms with Crippen LogP contribution >= 0.6 is 0 Å². The molecule has 0 radical (unpaired) electrons. The van der Waals surface area contributed by atoms with E-state index in [0.717, 1.165) is 22.0 Å². The van der Waals surface area contributed by atoms with Crippen LogP contribution in [0.15, 0.2) is 91.0 Å². The van der Waals surface area contributed by atoms with Gasteiger partial charge in [0.2, 0.25) is 5.91 Å². The van der Waals surface area contributed by atoms with E-state index in [-0.39, 0.29) is 23.0 Å². The summed E-state index contributed by atoms with van der Waals surface area (Å²) in [5.41, 5.74) is 2.00. The molecule has 1 saturated heterocycles.